The summed E-state index contributed by atoms with van der Waals surface area (Å²) in [5, 5.41) is 2.92. The molecule has 0 unspecified atom stereocenters. The molecular weight excluding hydrogens is 408 g/mol. The minimum absolute atomic E-state index is 0.202. The molecule has 0 aromatic heterocycles. The molecule has 25 heavy (non-hydrogen) atoms. The van der Waals surface area contributed by atoms with Crippen LogP contribution in [0.15, 0.2) is 52.6 Å². The number of likely N-dealkylation sites (N-methyl/N-ethyl adjacent to an activating group) is 1. The molecule has 1 heterocycles. The molecule has 3 amide bonds. The number of hydrogen-bond acceptors (Lipinski definition) is 3. The first-order valence-corrected chi connectivity index (χ1v) is 8.59. The van der Waals surface area contributed by atoms with E-state index in [2.05, 4.69) is 21.2 Å². The van der Waals surface area contributed by atoms with Crippen molar-refractivity contribution in [3.8, 4) is 5.75 Å². The average Bonchev–Trinajstić information content (AvgIpc) is 2.82. The van der Waals surface area contributed by atoms with Gasteiger partial charge in [-0.05, 0) is 45.3 Å². The van der Waals surface area contributed by atoms with Crippen molar-refractivity contribution in [3.05, 3.63) is 68.8 Å². The third-order valence-electron chi connectivity index (χ3n) is 3.64. The van der Waals surface area contributed by atoms with Crippen LogP contribution in [-0.4, -0.2) is 23.9 Å². The highest BCUT2D eigenvalue weighted by Crippen LogP contribution is 2.35. The fourth-order valence-electron chi connectivity index (χ4n) is 2.32. The molecule has 0 atom stereocenters. The number of halogens is 2. The molecule has 0 saturated carbocycles. The second-order valence-electron chi connectivity index (χ2n) is 5.44. The first kappa shape index (κ1) is 17.5. The fourth-order valence-corrected chi connectivity index (χ4v) is 3.31. The third-order valence-corrected chi connectivity index (χ3v) is 4.51. The van der Waals surface area contributed by atoms with E-state index < -0.39 is 6.03 Å². The van der Waals surface area contributed by atoms with Gasteiger partial charge in [-0.2, -0.15) is 0 Å². The van der Waals surface area contributed by atoms with Gasteiger partial charge in [0.15, 0.2) is 5.75 Å². The van der Waals surface area contributed by atoms with E-state index in [1.165, 1.54) is 7.05 Å². The van der Waals surface area contributed by atoms with Crippen LogP contribution in [0.1, 0.15) is 11.1 Å². The summed E-state index contributed by atoms with van der Waals surface area (Å²) >= 11 is 9.75. The van der Waals surface area contributed by atoms with Gasteiger partial charge in [-0.15, -0.1) is 0 Å². The van der Waals surface area contributed by atoms with E-state index in [0.29, 0.717) is 27.4 Å². The van der Waals surface area contributed by atoms with Crippen LogP contribution >= 0.6 is 27.5 Å². The quantitative estimate of drug-likeness (QED) is 0.594. The molecule has 1 aliphatic heterocycles. The van der Waals surface area contributed by atoms with Gasteiger partial charge in [-0.3, -0.25) is 9.69 Å². The van der Waals surface area contributed by atoms with Gasteiger partial charge in [-0.1, -0.05) is 41.9 Å². The number of ether oxygens (including phenoxy) is 1. The van der Waals surface area contributed by atoms with E-state index in [9.17, 15) is 9.59 Å². The Balaban J connectivity index is 1.81. The lowest BCUT2D eigenvalue weighted by Crippen LogP contribution is -2.25. The first-order chi connectivity index (χ1) is 12.0. The summed E-state index contributed by atoms with van der Waals surface area (Å²) in [5.41, 5.74) is 1.90. The number of benzene rings is 2. The second-order valence-corrected chi connectivity index (χ2v) is 6.70. The number of amides is 3. The number of hydrogen-bond donors (Lipinski definition) is 1. The molecule has 128 valence electrons. The Morgan fingerprint density at radius 3 is 2.56 bits per heavy atom. The number of carbonyl (C=O) groups is 2. The normalized spacial score (nSPS) is 15.6. The zero-order valence-corrected chi connectivity index (χ0v) is 15.6. The Morgan fingerprint density at radius 2 is 1.96 bits per heavy atom. The maximum absolute atomic E-state index is 11.9. The number of rotatable bonds is 4. The van der Waals surface area contributed by atoms with Crippen molar-refractivity contribution in [2.75, 3.05) is 7.05 Å². The monoisotopic (exact) mass is 420 g/mol. The standard InChI is InChI=1S/C18H14BrClN2O3/c1-22-17(23)15(21-18(22)24)9-12-7-13(19)16(14(20)8-12)25-10-11-5-3-2-4-6-11/h2-9H,10H2,1H3,(H,21,24)/b15-9+. The molecule has 1 aliphatic rings. The third kappa shape index (κ3) is 3.86. The van der Waals surface area contributed by atoms with Crippen LogP contribution in [0.3, 0.4) is 0 Å². The molecular formula is C18H14BrClN2O3. The summed E-state index contributed by atoms with van der Waals surface area (Å²) in [6.45, 7) is 0.388. The second kappa shape index (κ2) is 7.29. The van der Waals surface area contributed by atoms with Crippen molar-refractivity contribution in [2.45, 2.75) is 6.61 Å². The number of nitrogens with zero attached hydrogens (tertiary/aromatic N) is 1. The minimum atomic E-state index is -0.454. The Hall–Kier alpha value is -2.31. The van der Waals surface area contributed by atoms with Crippen LogP contribution in [0.5, 0.6) is 5.75 Å². The topological polar surface area (TPSA) is 58.6 Å². The van der Waals surface area contributed by atoms with Gasteiger partial charge in [0.05, 0.1) is 9.50 Å². The van der Waals surface area contributed by atoms with E-state index in [1.54, 1.807) is 18.2 Å². The summed E-state index contributed by atoms with van der Waals surface area (Å²) in [6, 6.07) is 12.7. The van der Waals surface area contributed by atoms with Crippen LogP contribution in [-0.2, 0) is 11.4 Å². The van der Waals surface area contributed by atoms with Crippen LogP contribution < -0.4 is 10.1 Å². The van der Waals surface area contributed by atoms with Crippen molar-refractivity contribution in [1.29, 1.82) is 0 Å². The Morgan fingerprint density at radius 1 is 1.24 bits per heavy atom. The number of imide groups is 1. The summed E-state index contributed by atoms with van der Waals surface area (Å²) in [4.78, 5) is 24.4. The largest absolute Gasteiger partial charge is 0.486 e. The van der Waals surface area contributed by atoms with Crippen molar-refractivity contribution in [2.24, 2.45) is 0 Å². The van der Waals surface area contributed by atoms with Gasteiger partial charge in [0.2, 0.25) is 0 Å². The van der Waals surface area contributed by atoms with Gasteiger partial charge in [0, 0.05) is 7.05 Å². The first-order valence-electron chi connectivity index (χ1n) is 7.42. The lowest BCUT2D eigenvalue weighted by molar-refractivity contribution is -0.121. The smallest absolute Gasteiger partial charge is 0.328 e. The van der Waals surface area contributed by atoms with E-state index in [0.717, 1.165) is 10.5 Å². The molecule has 5 nitrogen and oxygen atoms in total. The molecule has 2 aromatic rings. The van der Waals surface area contributed by atoms with E-state index in [-0.39, 0.29) is 11.6 Å². The summed E-state index contributed by atoms with van der Waals surface area (Å²) < 4.78 is 6.45. The highest BCUT2D eigenvalue weighted by Gasteiger charge is 2.30. The minimum Gasteiger partial charge on any atom is -0.486 e. The number of urea groups is 1. The van der Waals surface area contributed by atoms with Crippen LogP contribution in [0, 0.1) is 0 Å². The van der Waals surface area contributed by atoms with Gasteiger partial charge in [0.25, 0.3) is 5.91 Å². The van der Waals surface area contributed by atoms with E-state index in [1.807, 2.05) is 30.3 Å². The molecule has 0 bridgehead atoms. The average molecular weight is 422 g/mol. The van der Waals surface area contributed by atoms with Crippen LogP contribution in [0.4, 0.5) is 4.79 Å². The van der Waals surface area contributed by atoms with Crippen molar-refractivity contribution in [1.82, 2.24) is 10.2 Å². The van der Waals surface area contributed by atoms with Gasteiger partial charge in [-0.25, -0.2) is 4.79 Å². The Bertz CT molecular complexity index is 845. The molecule has 0 radical (unpaired) electrons. The molecule has 0 aliphatic carbocycles. The highest BCUT2D eigenvalue weighted by atomic mass is 79.9. The maximum atomic E-state index is 11.9. The molecule has 0 spiro atoms. The van der Waals surface area contributed by atoms with E-state index in [4.69, 9.17) is 16.3 Å². The molecule has 1 saturated heterocycles. The molecule has 1 N–H and O–H groups in total. The predicted octanol–water partition coefficient (Wildman–Crippen LogP) is 4.20. The SMILES string of the molecule is CN1C(=O)N/C(=C/c2cc(Cl)c(OCc3ccccc3)c(Br)c2)C1=O. The number of carbonyl (C=O) groups excluding carboxylic acids is 2. The predicted molar refractivity (Wildman–Crippen MR) is 99.2 cm³/mol. The lowest BCUT2D eigenvalue weighted by atomic mass is 10.2. The molecule has 1 fully saturated rings. The lowest BCUT2D eigenvalue weighted by Gasteiger charge is -2.11. The summed E-state index contributed by atoms with van der Waals surface area (Å²) in [6.07, 6.45) is 1.57. The number of nitrogens with one attached hydrogen (secondary N) is 1. The fraction of sp³-hybridized carbons (Fsp3) is 0.111. The Kier molecular flexibility index (Phi) is 5.11. The molecule has 2 aromatic carbocycles. The zero-order valence-electron chi connectivity index (χ0n) is 13.3. The van der Waals surface area contributed by atoms with Gasteiger partial charge in [0.1, 0.15) is 12.3 Å². The van der Waals surface area contributed by atoms with Crippen molar-refractivity contribution < 1.29 is 14.3 Å². The molecule has 3 rings (SSSR count). The van der Waals surface area contributed by atoms with Gasteiger partial charge >= 0.3 is 6.03 Å². The van der Waals surface area contributed by atoms with Gasteiger partial charge < -0.3 is 10.1 Å². The maximum Gasteiger partial charge on any atom is 0.328 e. The van der Waals surface area contributed by atoms with Crippen molar-refractivity contribution >= 4 is 45.5 Å². The van der Waals surface area contributed by atoms with Crippen LogP contribution in [0.2, 0.25) is 5.02 Å². The highest BCUT2D eigenvalue weighted by molar-refractivity contribution is 9.10. The van der Waals surface area contributed by atoms with E-state index >= 15 is 0 Å². The zero-order chi connectivity index (χ0) is 18.0. The Labute approximate surface area is 158 Å². The molecule has 7 heteroatoms. The summed E-state index contributed by atoms with van der Waals surface area (Å²) in [5.74, 6) is 0.133. The summed E-state index contributed by atoms with van der Waals surface area (Å²) in [7, 11) is 1.42. The van der Waals surface area contributed by atoms with Crippen LogP contribution in [0.25, 0.3) is 6.08 Å². The van der Waals surface area contributed by atoms with Crippen molar-refractivity contribution in [3.63, 3.8) is 0 Å².